The minimum absolute atomic E-state index is 0.0720. The lowest BCUT2D eigenvalue weighted by molar-refractivity contribution is -0.162. The molecule has 1 fully saturated rings. The molecule has 1 aliphatic rings. The number of carboxylic acid groups (broad SMARTS) is 1. The molecule has 0 saturated carbocycles. The maximum absolute atomic E-state index is 10.2. The Balaban J connectivity index is 0.000000387. The lowest BCUT2D eigenvalue weighted by Crippen LogP contribution is -2.22. The van der Waals surface area contributed by atoms with E-state index in [0.717, 1.165) is 38.9 Å². The van der Waals surface area contributed by atoms with Crippen molar-refractivity contribution in [3.05, 3.63) is 48.0 Å². The van der Waals surface area contributed by atoms with E-state index in [1.165, 1.54) is 38.5 Å². The number of carboxylic acids is 1. The summed E-state index contributed by atoms with van der Waals surface area (Å²) in [5.74, 6) is -0.879. The lowest BCUT2D eigenvalue weighted by Gasteiger charge is -2.22. The first-order chi connectivity index (χ1) is 14.1. The zero-order chi connectivity index (χ0) is 21.2. The molecule has 164 valence electrons. The van der Waals surface area contributed by atoms with Gasteiger partial charge in [-0.1, -0.05) is 49.6 Å². The zero-order valence-electron chi connectivity index (χ0n) is 17.8. The third kappa shape index (κ3) is 14.9. The number of rotatable bonds is 12. The van der Waals surface area contributed by atoms with Crippen molar-refractivity contribution in [2.24, 2.45) is 0 Å². The van der Waals surface area contributed by atoms with E-state index in [9.17, 15) is 4.79 Å². The Hall–Kier alpha value is -1.69. The van der Waals surface area contributed by atoms with Crippen LogP contribution in [-0.4, -0.2) is 41.8 Å². The van der Waals surface area contributed by atoms with E-state index >= 15 is 0 Å². The molecule has 2 N–H and O–H groups in total. The van der Waals surface area contributed by atoms with Crippen LogP contribution in [0.3, 0.4) is 0 Å². The molecule has 1 aromatic carbocycles. The molecule has 0 aromatic heterocycles. The molecule has 0 aliphatic carbocycles. The summed E-state index contributed by atoms with van der Waals surface area (Å²) >= 11 is 0. The number of hydrogen-bond acceptors (Lipinski definition) is 4. The minimum atomic E-state index is -0.879. The maximum Gasteiger partial charge on any atom is 0.335 e. The largest absolute Gasteiger partial charge is 0.478 e. The molecule has 0 bridgehead atoms. The van der Waals surface area contributed by atoms with Crippen LogP contribution in [0.2, 0.25) is 0 Å². The molecule has 2 rings (SSSR count). The van der Waals surface area contributed by atoms with Crippen molar-refractivity contribution in [1.29, 1.82) is 0 Å². The van der Waals surface area contributed by atoms with Gasteiger partial charge in [-0.05, 0) is 64.0 Å². The highest BCUT2D eigenvalue weighted by atomic mass is 16.7. The van der Waals surface area contributed by atoms with E-state index in [1.807, 2.05) is 6.92 Å². The average Bonchev–Trinajstić information content (AvgIpc) is 2.73. The molecule has 29 heavy (non-hydrogen) atoms. The molecule has 5 nitrogen and oxygen atoms in total. The number of allylic oxidation sites excluding steroid dienone is 1. The third-order valence-corrected chi connectivity index (χ3v) is 4.62. The van der Waals surface area contributed by atoms with Crippen LogP contribution < -0.4 is 0 Å². The summed E-state index contributed by atoms with van der Waals surface area (Å²) in [6.45, 7) is 3.54. The molecule has 0 spiro atoms. The Labute approximate surface area is 175 Å². The van der Waals surface area contributed by atoms with Gasteiger partial charge in [0.15, 0.2) is 6.29 Å². The molecule has 1 heterocycles. The predicted octanol–water partition coefficient (Wildman–Crippen LogP) is 5.58. The van der Waals surface area contributed by atoms with Gasteiger partial charge in [-0.3, -0.25) is 0 Å². The van der Waals surface area contributed by atoms with Crippen molar-refractivity contribution in [1.82, 2.24) is 0 Å². The van der Waals surface area contributed by atoms with Crippen LogP contribution in [-0.2, 0) is 9.47 Å². The summed E-state index contributed by atoms with van der Waals surface area (Å²) in [7, 11) is 0. The Kier molecular flexibility index (Phi) is 15.0. The van der Waals surface area contributed by atoms with Gasteiger partial charge >= 0.3 is 5.97 Å². The van der Waals surface area contributed by atoms with Gasteiger partial charge in [-0.25, -0.2) is 4.79 Å². The van der Waals surface area contributed by atoms with Crippen LogP contribution in [0.5, 0.6) is 0 Å². The minimum Gasteiger partial charge on any atom is -0.478 e. The fourth-order valence-corrected chi connectivity index (χ4v) is 2.94. The van der Waals surface area contributed by atoms with Crippen LogP contribution in [0, 0.1) is 0 Å². The van der Waals surface area contributed by atoms with E-state index in [2.05, 4.69) is 12.2 Å². The quantitative estimate of drug-likeness (QED) is 0.350. The van der Waals surface area contributed by atoms with Crippen LogP contribution in [0.15, 0.2) is 42.5 Å². The number of aliphatic hydroxyl groups excluding tert-OH is 1. The first-order valence-corrected chi connectivity index (χ1v) is 10.9. The smallest absolute Gasteiger partial charge is 0.335 e. The molecule has 0 radical (unpaired) electrons. The van der Waals surface area contributed by atoms with Gasteiger partial charge in [0, 0.05) is 13.2 Å². The standard InChI is InChI=1S/C17H32O3.C7H6O2/c1-16(18)12-8-6-4-2-3-5-7-10-14-19-17-13-9-11-15-20-17;8-7(9)6-4-2-1-3-5-6/h6,8,16-18H,2-5,7,9-15H2,1H3;1-5H,(H,8,9). The van der Waals surface area contributed by atoms with Gasteiger partial charge in [0.1, 0.15) is 0 Å². The van der Waals surface area contributed by atoms with Crippen molar-refractivity contribution >= 4 is 5.97 Å². The number of ether oxygens (including phenoxy) is 2. The number of aliphatic hydroxyl groups is 1. The predicted molar refractivity (Wildman–Crippen MR) is 116 cm³/mol. The van der Waals surface area contributed by atoms with Crippen LogP contribution in [0.1, 0.15) is 81.5 Å². The molecular weight excluding hydrogens is 368 g/mol. The Morgan fingerprint density at radius 2 is 1.86 bits per heavy atom. The SMILES string of the molecule is CC(O)CC=CCCCCCCCOC1CCCCO1.O=C(O)c1ccccc1. The second-order valence-corrected chi connectivity index (χ2v) is 7.45. The number of unbranched alkanes of at least 4 members (excludes halogenated alkanes) is 5. The highest BCUT2D eigenvalue weighted by Gasteiger charge is 2.13. The average molecular weight is 407 g/mol. The van der Waals surface area contributed by atoms with Crippen molar-refractivity contribution in [3.63, 3.8) is 0 Å². The van der Waals surface area contributed by atoms with Gasteiger partial charge in [-0.2, -0.15) is 0 Å². The molecule has 2 atom stereocenters. The summed E-state index contributed by atoms with van der Waals surface area (Å²) in [5, 5.41) is 17.5. The first-order valence-electron chi connectivity index (χ1n) is 10.9. The second kappa shape index (κ2) is 17.2. The number of carbonyl (C=O) groups is 1. The summed E-state index contributed by atoms with van der Waals surface area (Å²) < 4.78 is 11.2. The highest BCUT2D eigenvalue weighted by Crippen LogP contribution is 2.14. The van der Waals surface area contributed by atoms with E-state index in [-0.39, 0.29) is 12.4 Å². The molecule has 1 saturated heterocycles. The van der Waals surface area contributed by atoms with E-state index in [4.69, 9.17) is 19.7 Å². The molecule has 1 aliphatic heterocycles. The zero-order valence-corrected chi connectivity index (χ0v) is 17.8. The maximum atomic E-state index is 10.2. The highest BCUT2D eigenvalue weighted by molar-refractivity contribution is 5.87. The van der Waals surface area contributed by atoms with Crippen molar-refractivity contribution in [3.8, 4) is 0 Å². The van der Waals surface area contributed by atoms with Crippen molar-refractivity contribution in [2.75, 3.05) is 13.2 Å². The first kappa shape index (κ1) is 25.3. The topological polar surface area (TPSA) is 76.0 Å². The Bertz CT molecular complexity index is 535. The van der Waals surface area contributed by atoms with Crippen molar-refractivity contribution in [2.45, 2.75) is 83.5 Å². The summed E-state index contributed by atoms with van der Waals surface area (Å²) in [5.41, 5.74) is 0.331. The fourth-order valence-electron chi connectivity index (χ4n) is 2.94. The van der Waals surface area contributed by atoms with Crippen LogP contribution in [0.25, 0.3) is 0 Å². The molecule has 1 aromatic rings. The van der Waals surface area contributed by atoms with Crippen LogP contribution in [0.4, 0.5) is 0 Å². The van der Waals surface area contributed by atoms with E-state index < -0.39 is 5.97 Å². The van der Waals surface area contributed by atoms with Crippen LogP contribution >= 0.6 is 0 Å². The summed E-state index contributed by atoms with van der Waals surface area (Å²) in [6, 6.07) is 8.30. The summed E-state index contributed by atoms with van der Waals surface area (Å²) in [4.78, 5) is 10.2. The number of benzene rings is 1. The monoisotopic (exact) mass is 406 g/mol. The second-order valence-electron chi connectivity index (χ2n) is 7.45. The van der Waals surface area contributed by atoms with Gasteiger partial charge in [0.2, 0.25) is 0 Å². The fraction of sp³-hybridized carbons (Fsp3) is 0.625. The number of aromatic carboxylic acids is 1. The molecule has 0 amide bonds. The Morgan fingerprint density at radius 3 is 2.48 bits per heavy atom. The van der Waals surface area contributed by atoms with E-state index in [1.54, 1.807) is 30.3 Å². The molecule has 2 unspecified atom stereocenters. The third-order valence-electron chi connectivity index (χ3n) is 4.62. The van der Waals surface area contributed by atoms with Gasteiger partial charge in [0.05, 0.1) is 11.7 Å². The normalized spacial score (nSPS) is 17.5. The number of hydrogen-bond donors (Lipinski definition) is 2. The van der Waals surface area contributed by atoms with E-state index in [0.29, 0.717) is 5.56 Å². The van der Waals surface area contributed by atoms with Gasteiger partial charge < -0.3 is 19.7 Å². The summed E-state index contributed by atoms with van der Waals surface area (Å²) in [6.07, 6.45) is 15.8. The van der Waals surface area contributed by atoms with Gasteiger partial charge in [0.25, 0.3) is 0 Å². The molecule has 5 heteroatoms. The Morgan fingerprint density at radius 1 is 1.14 bits per heavy atom. The molecular formula is C24H38O5. The lowest BCUT2D eigenvalue weighted by atomic mass is 10.1. The van der Waals surface area contributed by atoms with Crippen molar-refractivity contribution < 1.29 is 24.5 Å². The van der Waals surface area contributed by atoms with Gasteiger partial charge in [-0.15, -0.1) is 0 Å².